The zero-order valence-electron chi connectivity index (χ0n) is 59.3. The van der Waals surface area contributed by atoms with Crippen molar-refractivity contribution in [3.8, 4) is 47.7 Å². The van der Waals surface area contributed by atoms with Crippen molar-refractivity contribution < 1.29 is 116 Å². The molecule has 6 rings (SSSR count). The molecule has 600 valence electrons. The number of carbonyl (C=O) groups excluding carboxylic acids is 7. The van der Waals surface area contributed by atoms with E-state index in [-0.39, 0.29) is 103 Å². The van der Waals surface area contributed by atoms with Crippen LogP contribution >= 0.6 is 0 Å². The van der Waals surface area contributed by atoms with Crippen LogP contribution in [0.2, 0.25) is 0 Å². The van der Waals surface area contributed by atoms with Crippen LogP contribution in [0, 0.1) is 91.5 Å². The summed E-state index contributed by atoms with van der Waals surface area (Å²) in [4.78, 5) is 118. The van der Waals surface area contributed by atoms with Gasteiger partial charge < -0.3 is 45.8 Å². The molecule has 0 spiro atoms. The van der Waals surface area contributed by atoms with E-state index in [9.17, 15) is 126 Å². The summed E-state index contributed by atoms with van der Waals surface area (Å²) in [5, 5.41) is 71.9. The molecular weight excluding hydrogens is 1560 g/mol. The molecule has 113 heavy (non-hydrogen) atoms. The molecule has 0 heterocycles. The van der Waals surface area contributed by atoms with Crippen molar-refractivity contribution in [3.63, 3.8) is 0 Å². The number of carbonyl (C=O) groups is 7. The van der Waals surface area contributed by atoms with Crippen LogP contribution in [0.15, 0.2) is 83.0 Å². The number of hydrogen-bond donors (Lipinski definition) is 7. The van der Waals surface area contributed by atoms with Crippen molar-refractivity contribution in [2.24, 2.45) is 10.2 Å². The number of nitrogens with one attached hydrogen (secondary N) is 3. The molecule has 6 aromatic rings. The number of rotatable bonds is 39. The number of phenols is 4. The van der Waals surface area contributed by atoms with Crippen LogP contribution < -0.4 is 15.4 Å². The SMILES string of the molecule is C#CCCN(C(=O)c1c(F)c(F)c(N=[N+]=[N-])c(F)c1F)S(=O)(=O)CCNCCCCC(=O)N(C)Cc1ccc(C(=O)c2cc(O)c(O)c([N+](=O)[O-])c2)cc1.C#CCCN(CCS(=O)(=O)NC(=O)c1c(F)c(F)c(N=[N+]=[N-])c(F)c1F)C(=O)CCNCCCCC(=O)N(C)Cc1ccc(C(=O)c2cc(O)c(O)c([N+](=O)[O-])c2)cc1. The lowest BCUT2D eigenvalue weighted by atomic mass is 10.0. The Labute approximate surface area is 636 Å². The normalized spacial score (nSPS) is 10.9. The van der Waals surface area contributed by atoms with E-state index >= 15 is 0 Å². The van der Waals surface area contributed by atoms with Gasteiger partial charge in [0.15, 0.2) is 69.6 Å². The second-order valence-electron chi connectivity index (χ2n) is 24.0. The second kappa shape index (κ2) is 41.7. The molecule has 6 aromatic carbocycles. The van der Waals surface area contributed by atoms with Gasteiger partial charge in [-0.1, -0.05) is 58.8 Å². The highest BCUT2D eigenvalue weighted by atomic mass is 32.2. The van der Waals surface area contributed by atoms with Crippen molar-refractivity contribution in [2.45, 2.75) is 70.9 Å². The van der Waals surface area contributed by atoms with E-state index < -0.39 is 194 Å². The summed E-state index contributed by atoms with van der Waals surface area (Å²) in [6, 6.07) is 15.6. The lowest BCUT2D eigenvalue weighted by Gasteiger charge is -2.23. The lowest BCUT2D eigenvalue weighted by Crippen LogP contribution is -2.42. The van der Waals surface area contributed by atoms with Crippen molar-refractivity contribution in [2.75, 3.05) is 71.4 Å². The molecule has 0 radical (unpaired) electrons. The molecule has 0 unspecified atom stereocenters. The van der Waals surface area contributed by atoms with Gasteiger partial charge in [0.2, 0.25) is 49.3 Å². The number of azide groups is 2. The minimum Gasteiger partial charge on any atom is -0.504 e. The smallest absolute Gasteiger partial charge is 0.315 e. The third-order valence-electron chi connectivity index (χ3n) is 16.2. The highest BCUT2D eigenvalue weighted by Crippen LogP contribution is 2.39. The first-order valence-electron chi connectivity index (χ1n) is 32.9. The van der Waals surface area contributed by atoms with E-state index in [1.54, 1.807) is 38.4 Å². The number of terminal acetylenes is 2. The van der Waals surface area contributed by atoms with E-state index in [0.29, 0.717) is 43.4 Å². The Kier molecular flexibility index (Phi) is 33.4. The zero-order chi connectivity index (χ0) is 84.4. The molecule has 0 bridgehead atoms. The maximum atomic E-state index is 14.6. The Hall–Kier alpha value is -13.0. The monoisotopic (exact) mass is 1630 g/mol. The molecular formula is C69H67F8N15O19S2. The molecule has 0 aromatic heterocycles. The lowest BCUT2D eigenvalue weighted by molar-refractivity contribution is -0.386. The van der Waals surface area contributed by atoms with Gasteiger partial charge in [0.1, 0.15) is 22.5 Å². The van der Waals surface area contributed by atoms with Crippen LogP contribution in [0.4, 0.5) is 57.9 Å². The number of aromatic hydroxyl groups is 4. The fourth-order valence-corrected chi connectivity index (χ4v) is 12.5. The number of ketones is 2. The van der Waals surface area contributed by atoms with E-state index in [1.807, 2.05) is 4.91 Å². The fraction of sp³-hybridized carbons (Fsp3) is 0.319. The Balaban J connectivity index is 0.000000405. The number of sulfonamides is 2. The van der Waals surface area contributed by atoms with Gasteiger partial charge in [-0.15, -0.1) is 24.7 Å². The molecule has 0 saturated carbocycles. The summed E-state index contributed by atoms with van der Waals surface area (Å²) in [5.41, 5.74) is 9.07. The largest absolute Gasteiger partial charge is 0.504 e. The van der Waals surface area contributed by atoms with Gasteiger partial charge in [-0.25, -0.2) is 61.0 Å². The van der Waals surface area contributed by atoms with Crippen LogP contribution in [0.5, 0.6) is 23.0 Å². The number of nitro benzene ring substituents is 2. The Morgan fingerprint density at radius 3 is 1.32 bits per heavy atom. The van der Waals surface area contributed by atoms with Crippen LogP contribution in [0.3, 0.4) is 0 Å². The highest BCUT2D eigenvalue weighted by molar-refractivity contribution is 7.90. The van der Waals surface area contributed by atoms with Crippen molar-refractivity contribution in [1.82, 2.24) is 34.4 Å². The van der Waals surface area contributed by atoms with Crippen LogP contribution in [0.1, 0.15) is 121 Å². The van der Waals surface area contributed by atoms with Crippen molar-refractivity contribution >= 4 is 83.9 Å². The summed E-state index contributed by atoms with van der Waals surface area (Å²) < 4.78 is 167. The van der Waals surface area contributed by atoms with Gasteiger partial charge in [-0.3, -0.25) is 53.8 Å². The van der Waals surface area contributed by atoms with E-state index in [4.69, 9.17) is 23.9 Å². The quantitative estimate of drug-likeness (QED) is 0.00161. The standard InChI is InChI=1S/C36H36F4N8O10S.C33H31F4N7O9S/c1-3-4-15-47(16-17-59(57,58)44-36(54)28-29(37)31(39)33(43-45-41)32(40)30(28)38)27(51)12-14-42-13-6-5-7-26(50)46(2)20-21-8-10-22(11-9-21)34(52)23-18-24(48(55)56)35(53)25(49)19-23;1-3-4-14-43(33(49)25-26(34)28(36)30(40-41-38)29(37)27(25)35)54(52,53)15-13-39-12-6-5-7-24(46)42(2)18-19-8-10-20(11-9-19)31(47)21-16-22(44(50)51)32(48)23(45)17-21/h1,8-11,18-19,42,49,53H,4-7,12-17,20H2,2H3,(H,44,54);1,8-11,16-17,39,45,48H,4-7,12-15,18H2,2H3. The topological polar surface area (TPSA) is 502 Å². The predicted molar refractivity (Wildman–Crippen MR) is 383 cm³/mol. The number of hydrogen-bond acceptors (Lipinski definition) is 23. The summed E-state index contributed by atoms with van der Waals surface area (Å²) in [5.74, 6) is -25.2. The third kappa shape index (κ3) is 24.5. The number of phenolic OH excluding ortho intramolecular Hbond substituents is 4. The summed E-state index contributed by atoms with van der Waals surface area (Å²) >= 11 is 0. The molecule has 0 aliphatic carbocycles. The molecule has 44 heteroatoms. The first kappa shape index (κ1) is 90.6. The van der Waals surface area contributed by atoms with Gasteiger partial charge in [0, 0.05) is 136 Å². The molecule has 34 nitrogen and oxygen atoms in total. The van der Waals surface area contributed by atoms with Gasteiger partial charge in [0.05, 0.1) is 21.4 Å². The molecule has 0 fully saturated rings. The van der Waals surface area contributed by atoms with E-state index in [0.717, 1.165) is 29.2 Å². The Bertz CT molecular complexity index is 5050. The number of unbranched alkanes of at least 4 members (excludes halogenated alkanes) is 2. The number of nitrogens with zero attached hydrogens (tertiary/aromatic N) is 12. The minimum atomic E-state index is -4.74. The highest BCUT2D eigenvalue weighted by Gasteiger charge is 2.37. The first-order chi connectivity index (χ1) is 53.3. The van der Waals surface area contributed by atoms with Gasteiger partial charge in [0.25, 0.3) is 11.8 Å². The number of benzene rings is 6. The average molecular weight is 1630 g/mol. The van der Waals surface area contributed by atoms with Gasteiger partial charge in [-0.2, -0.15) is 0 Å². The fourth-order valence-electron chi connectivity index (χ4n) is 10.3. The molecule has 5 amide bonds. The predicted octanol–water partition coefficient (Wildman–Crippen LogP) is 9.40. The molecule has 0 saturated heterocycles. The Morgan fingerprint density at radius 2 is 0.920 bits per heavy atom. The average Bonchev–Trinajstić information content (AvgIpc) is 0.781. The molecule has 0 atom stereocenters. The minimum absolute atomic E-state index is 0.00250. The number of halogens is 8. The summed E-state index contributed by atoms with van der Waals surface area (Å²) in [6.07, 6.45) is 12.0. The molecule has 0 aliphatic heterocycles. The maximum Gasteiger partial charge on any atom is 0.315 e. The van der Waals surface area contributed by atoms with Crippen molar-refractivity contribution in [1.29, 1.82) is 0 Å². The number of amides is 5. The number of nitro groups is 2. The molecule has 0 aliphatic rings. The van der Waals surface area contributed by atoms with Crippen molar-refractivity contribution in [3.05, 3.63) is 205 Å². The van der Waals surface area contributed by atoms with E-state index in [2.05, 4.69) is 37.6 Å². The molecule has 7 N–H and O–H groups in total. The van der Waals surface area contributed by atoms with Crippen LogP contribution in [-0.2, 0) is 47.5 Å². The second-order valence-corrected chi connectivity index (χ2v) is 27.9. The van der Waals surface area contributed by atoms with E-state index in [1.165, 1.54) is 38.8 Å². The maximum absolute atomic E-state index is 14.6. The summed E-state index contributed by atoms with van der Waals surface area (Å²) in [6.45, 7) is -0.530. The van der Waals surface area contributed by atoms with Gasteiger partial charge in [-0.05, 0) is 73.1 Å². The Morgan fingerprint density at radius 1 is 0.522 bits per heavy atom. The van der Waals surface area contributed by atoms with Crippen LogP contribution in [-0.4, -0.2) is 179 Å². The van der Waals surface area contributed by atoms with Crippen LogP contribution in [0.25, 0.3) is 20.9 Å². The first-order valence-corrected chi connectivity index (χ1v) is 36.2. The third-order valence-corrected chi connectivity index (χ3v) is 19.2. The zero-order valence-corrected chi connectivity index (χ0v) is 61.0. The van der Waals surface area contributed by atoms with Gasteiger partial charge >= 0.3 is 11.4 Å². The summed E-state index contributed by atoms with van der Waals surface area (Å²) in [7, 11) is -6.27.